The van der Waals surface area contributed by atoms with E-state index in [1.54, 1.807) is 0 Å². The van der Waals surface area contributed by atoms with E-state index in [2.05, 4.69) is 39.0 Å². The Kier molecular flexibility index (Phi) is 3.82. The number of pyridine rings is 1. The van der Waals surface area contributed by atoms with Gasteiger partial charge in [0.1, 0.15) is 6.07 Å². The summed E-state index contributed by atoms with van der Waals surface area (Å²) in [4.78, 5) is 4.30. The van der Waals surface area contributed by atoms with Crippen LogP contribution in [0.2, 0.25) is 0 Å². The van der Waals surface area contributed by atoms with Crippen molar-refractivity contribution in [3.8, 4) is 6.07 Å². The van der Waals surface area contributed by atoms with E-state index in [0.717, 1.165) is 26.3 Å². The lowest BCUT2D eigenvalue weighted by Crippen LogP contribution is -2.00. The first-order valence-electron chi connectivity index (χ1n) is 5.51. The van der Waals surface area contributed by atoms with E-state index in [0.29, 0.717) is 5.56 Å². The van der Waals surface area contributed by atoms with Crippen molar-refractivity contribution in [3.63, 3.8) is 0 Å². The second-order valence-electron chi connectivity index (χ2n) is 3.99. The Bertz CT molecular complexity index is 629. The van der Waals surface area contributed by atoms with Crippen LogP contribution in [0.4, 0.5) is 11.4 Å². The minimum Gasteiger partial charge on any atom is -0.353 e. The minimum atomic E-state index is 0.597. The zero-order chi connectivity index (χ0) is 13.1. The lowest BCUT2D eigenvalue weighted by Gasteiger charge is -2.12. The average molecular weight is 349 g/mol. The molecule has 1 N–H and O–H groups in total. The number of aromatic nitrogens is 1. The summed E-state index contributed by atoms with van der Waals surface area (Å²) in [5, 5.41) is 12.5. The number of hydrogen-bond donors (Lipinski definition) is 1. The number of nitrogens with zero attached hydrogens (tertiary/aromatic N) is 2. The maximum absolute atomic E-state index is 9.21. The van der Waals surface area contributed by atoms with Gasteiger partial charge in [-0.15, -0.1) is 0 Å². The van der Waals surface area contributed by atoms with Gasteiger partial charge in [-0.2, -0.15) is 5.26 Å². The molecule has 0 aliphatic rings. The molecule has 0 fully saturated rings. The Hall–Kier alpha value is -1.61. The molecule has 0 bridgehead atoms. The van der Waals surface area contributed by atoms with Crippen molar-refractivity contribution in [2.75, 3.05) is 5.32 Å². The highest BCUT2D eigenvalue weighted by molar-refractivity contribution is 14.1. The molecule has 0 saturated heterocycles. The van der Waals surface area contributed by atoms with Crippen molar-refractivity contribution >= 4 is 34.0 Å². The van der Waals surface area contributed by atoms with Crippen molar-refractivity contribution < 1.29 is 0 Å². The van der Waals surface area contributed by atoms with E-state index in [4.69, 9.17) is 0 Å². The summed E-state index contributed by atoms with van der Waals surface area (Å²) >= 11 is 2.27. The van der Waals surface area contributed by atoms with Crippen molar-refractivity contribution in [3.05, 3.63) is 50.9 Å². The number of rotatable bonds is 2. The van der Waals surface area contributed by atoms with E-state index in [9.17, 15) is 5.26 Å². The summed E-state index contributed by atoms with van der Waals surface area (Å²) < 4.78 is 1.12. The van der Waals surface area contributed by atoms with Gasteiger partial charge in [-0.1, -0.05) is 12.1 Å². The van der Waals surface area contributed by atoms with Gasteiger partial charge in [0.2, 0.25) is 0 Å². The zero-order valence-corrected chi connectivity index (χ0v) is 12.3. The maximum Gasteiger partial charge on any atom is 0.103 e. The Morgan fingerprint density at radius 2 is 1.94 bits per heavy atom. The molecular formula is C14H12IN3. The van der Waals surface area contributed by atoms with Crippen molar-refractivity contribution in [1.82, 2.24) is 4.98 Å². The van der Waals surface area contributed by atoms with Gasteiger partial charge in [0.25, 0.3) is 0 Å². The van der Waals surface area contributed by atoms with Gasteiger partial charge in [-0.3, -0.25) is 4.98 Å². The molecule has 1 aromatic heterocycles. The van der Waals surface area contributed by atoms with Crippen LogP contribution in [0.15, 0.2) is 30.3 Å². The van der Waals surface area contributed by atoms with Crippen LogP contribution in [0.25, 0.3) is 0 Å². The summed E-state index contributed by atoms with van der Waals surface area (Å²) in [7, 11) is 0. The predicted octanol–water partition coefficient (Wildman–Crippen LogP) is 3.92. The van der Waals surface area contributed by atoms with Gasteiger partial charge in [-0.25, -0.2) is 0 Å². The third kappa shape index (κ3) is 2.62. The lowest BCUT2D eigenvalue weighted by atomic mass is 10.1. The highest BCUT2D eigenvalue weighted by Gasteiger charge is 2.09. The first-order chi connectivity index (χ1) is 8.61. The number of hydrogen-bond acceptors (Lipinski definition) is 3. The van der Waals surface area contributed by atoms with Crippen LogP contribution in [-0.4, -0.2) is 4.98 Å². The molecule has 0 aliphatic heterocycles. The molecule has 0 unspecified atom stereocenters. The number of halogens is 1. The first kappa shape index (κ1) is 12.8. The van der Waals surface area contributed by atoms with Gasteiger partial charge in [-0.05, 0) is 54.6 Å². The molecule has 0 amide bonds. The van der Waals surface area contributed by atoms with Crippen LogP contribution in [0.3, 0.4) is 0 Å². The quantitative estimate of drug-likeness (QED) is 0.836. The molecule has 1 heterocycles. The standard InChI is InChI=1S/C14H12IN3/c1-9-7-14(11(8-16)10(2)17-9)18-13-6-4-3-5-12(13)15/h3-7H,1-2H3,(H,17,18). The molecule has 0 radical (unpaired) electrons. The number of benzene rings is 1. The van der Waals surface area contributed by atoms with E-state index in [1.165, 1.54) is 0 Å². The van der Waals surface area contributed by atoms with Crippen molar-refractivity contribution in [2.24, 2.45) is 0 Å². The fraction of sp³-hybridized carbons (Fsp3) is 0.143. The number of para-hydroxylation sites is 1. The molecule has 3 nitrogen and oxygen atoms in total. The molecule has 0 saturated carbocycles. The highest BCUT2D eigenvalue weighted by Crippen LogP contribution is 2.26. The van der Waals surface area contributed by atoms with E-state index in [1.807, 2.05) is 44.2 Å². The van der Waals surface area contributed by atoms with Gasteiger partial charge < -0.3 is 5.32 Å². The molecule has 1 aromatic carbocycles. The number of nitriles is 1. The molecule has 2 rings (SSSR count). The van der Waals surface area contributed by atoms with Gasteiger partial charge in [0.05, 0.1) is 22.6 Å². The molecular weight excluding hydrogens is 337 g/mol. The molecule has 4 heteroatoms. The monoisotopic (exact) mass is 349 g/mol. The second kappa shape index (κ2) is 5.36. The lowest BCUT2D eigenvalue weighted by molar-refractivity contribution is 1.11. The predicted molar refractivity (Wildman–Crippen MR) is 80.9 cm³/mol. The zero-order valence-electron chi connectivity index (χ0n) is 10.2. The summed E-state index contributed by atoms with van der Waals surface area (Å²) in [6.45, 7) is 3.78. The molecule has 90 valence electrons. The average Bonchev–Trinajstić information content (AvgIpc) is 2.31. The molecule has 2 aromatic rings. The minimum absolute atomic E-state index is 0.597. The van der Waals surface area contributed by atoms with Crippen LogP contribution in [0.5, 0.6) is 0 Å². The third-order valence-corrected chi connectivity index (χ3v) is 3.52. The number of aryl methyl sites for hydroxylation is 2. The largest absolute Gasteiger partial charge is 0.353 e. The summed E-state index contributed by atoms with van der Waals surface area (Å²) in [6.07, 6.45) is 0. The fourth-order valence-corrected chi connectivity index (χ4v) is 2.30. The molecule has 0 atom stereocenters. The normalized spacial score (nSPS) is 9.89. The summed E-state index contributed by atoms with van der Waals surface area (Å²) in [5.74, 6) is 0. The van der Waals surface area contributed by atoms with Crippen LogP contribution in [-0.2, 0) is 0 Å². The van der Waals surface area contributed by atoms with E-state index < -0.39 is 0 Å². The van der Waals surface area contributed by atoms with Crippen LogP contribution < -0.4 is 5.32 Å². The second-order valence-corrected chi connectivity index (χ2v) is 5.15. The Morgan fingerprint density at radius 1 is 1.22 bits per heavy atom. The van der Waals surface area contributed by atoms with Crippen molar-refractivity contribution in [1.29, 1.82) is 5.26 Å². The van der Waals surface area contributed by atoms with Crippen LogP contribution in [0, 0.1) is 28.7 Å². The molecule has 18 heavy (non-hydrogen) atoms. The number of anilines is 2. The number of nitrogens with one attached hydrogen (secondary N) is 1. The molecule has 0 aliphatic carbocycles. The van der Waals surface area contributed by atoms with Crippen LogP contribution >= 0.6 is 22.6 Å². The maximum atomic E-state index is 9.21. The fourth-order valence-electron chi connectivity index (χ4n) is 1.78. The third-order valence-electron chi connectivity index (χ3n) is 2.58. The van der Waals surface area contributed by atoms with Crippen molar-refractivity contribution in [2.45, 2.75) is 13.8 Å². The van der Waals surface area contributed by atoms with Crippen LogP contribution in [0.1, 0.15) is 17.0 Å². The Balaban J connectivity index is 2.47. The smallest absolute Gasteiger partial charge is 0.103 e. The molecule has 0 spiro atoms. The van der Waals surface area contributed by atoms with E-state index >= 15 is 0 Å². The van der Waals surface area contributed by atoms with Gasteiger partial charge in [0, 0.05) is 9.26 Å². The van der Waals surface area contributed by atoms with Gasteiger partial charge >= 0.3 is 0 Å². The Labute approximate surface area is 120 Å². The van der Waals surface area contributed by atoms with Gasteiger partial charge in [0.15, 0.2) is 0 Å². The SMILES string of the molecule is Cc1cc(Nc2ccccc2I)c(C#N)c(C)n1. The first-order valence-corrected chi connectivity index (χ1v) is 6.59. The summed E-state index contributed by atoms with van der Waals surface area (Å²) in [6, 6.07) is 12.1. The summed E-state index contributed by atoms with van der Waals surface area (Å²) in [5.41, 5.74) is 4.07. The van der Waals surface area contributed by atoms with E-state index in [-0.39, 0.29) is 0 Å². The topological polar surface area (TPSA) is 48.7 Å². The highest BCUT2D eigenvalue weighted by atomic mass is 127. The Morgan fingerprint density at radius 3 is 2.61 bits per heavy atom.